The number of nitrogens with one attached hydrogen (secondary N) is 2. The molecule has 0 aliphatic rings. The predicted octanol–water partition coefficient (Wildman–Crippen LogP) is 3.22. The molecule has 0 atom stereocenters. The summed E-state index contributed by atoms with van der Waals surface area (Å²) in [6, 6.07) is 6.15. The average Bonchev–Trinajstić information content (AvgIpc) is 3.19. The molecule has 0 saturated carbocycles. The lowest BCUT2D eigenvalue weighted by Crippen LogP contribution is -2.41. The van der Waals surface area contributed by atoms with E-state index in [9.17, 15) is 14.4 Å². The van der Waals surface area contributed by atoms with Gasteiger partial charge in [-0.2, -0.15) is 0 Å². The van der Waals surface area contributed by atoms with Gasteiger partial charge in [-0.25, -0.2) is 0 Å². The highest BCUT2D eigenvalue weighted by Crippen LogP contribution is 2.39. The van der Waals surface area contributed by atoms with Gasteiger partial charge in [-0.15, -0.1) is 11.3 Å². The van der Waals surface area contributed by atoms with Crippen molar-refractivity contribution >= 4 is 28.9 Å². The van der Waals surface area contributed by atoms with Crippen LogP contribution in [0.3, 0.4) is 0 Å². The molecule has 29 heavy (non-hydrogen) atoms. The van der Waals surface area contributed by atoms with Crippen molar-refractivity contribution in [2.45, 2.75) is 27.7 Å². The summed E-state index contributed by atoms with van der Waals surface area (Å²) in [6.07, 6.45) is 0. The second-order valence-electron chi connectivity index (χ2n) is 5.73. The molecule has 0 saturated heterocycles. The van der Waals surface area contributed by atoms with Gasteiger partial charge in [0.2, 0.25) is 5.75 Å². The monoisotopic (exact) mass is 420 g/mol. The van der Waals surface area contributed by atoms with Crippen molar-refractivity contribution < 1.29 is 28.6 Å². The fraction of sp³-hybridized carbons (Fsp3) is 0.350. The van der Waals surface area contributed by atoms with Gasteiger partial charge in [0, 0.05) is 5.56 Å². The minimum absolute atomic E-state index is 0.126. The van der Waals surface area contributed by atoms with Crippen LogP contribution in [0.2, 0.25) is 0 Å². The maximum absolute atomic E-state index is 12.5. The van der Waals surface area contributed by atoms with Crippen LogP contribution < -0.4 is 25.1 Å². The molecule has 0 aliphatic carbocycles. The predicted molar refractivity (Wildman–Crippen MR) is 109 cm³/mol. The summed E-state index contributed by atoms with van der Waals surface area (Å²) in [5.41, 5.74) is 4.93. The topological polar surface area (TPSA) is 103 Å². The fourth-order valence-electron chi connectivity index (χ4n) is 2.42. The van der Waals surface area contributed by atoms with Gasteiger partial charge in [0.25, 0.3) is 11.8 Å². The molecular weight excluding hydrogens is 396 g/mol. The Morgan fingerprint density at radius 2 is 1.34 bits per heavy atom. The van der Waals surface area contributed by atoms with Crippen LogP contribution in [-0.4, -0.2) is 37.4 Å². The zero-order chi connectivity index (χ0) is 21.4. The third-order valence-corrected chi connectivity index (χ3v) is 4.82. The van der Waals surface area contributed by atoms with E-state index in [0.717, 1.165) is 11.3 Å². The summed E-state index contributed by atoms with van der Waals surface area (Å²) in [6.45, 7) is 8.06. The number of carbonyl (C=O) groups excluding carboxylic acids is 3. The number of rotatable bonds is 9. The van der Waals surface area contributed by atoms with Crippen LogP contribution in [0.4, 0.5) is 0 Å². The van der Waals surface area contributed by atoms with Gasteiger partial charge in [0.1, 0.15) is 0 Å². The molecule has 156 valence electrons. The quantitative estimate of drug-likeness (QED) is 0.477. The van der Waals surface area contributed by atoms with E-state index in [2.05, 4.69) is 10.9 Å². The van der Waals surface area contributed by atoms with Gasteiger partial charge < -0.3 is 14.2 Å². The number of hydrogen-bond acceptors (Lipinski definition) is 7. The maximum Gasteiger partial charge on any atom is 0.279 e. The van der Waals surface area contributed by atoms with E-state index >= 15 is 0 Å². The van der Waals surface area contributed by atoms with Gasteiger partial charge in [-0.1, -0.05) is 0 Å². The van der Waals surface area contributed by atoms with Gasteiger partial charge in [-0.05, 0) is 52.0 Å². The molecular formula is C20H24N2O6S. The van der Waals surface area contributed by atoms with E-state index < -0.39 is 11.8 Å². The minimum Gasteiger partial charge on any atom is -0.490 e. The van der Waals surface area contributed by atoms with Crippen LogP contribution in [0.5, 0.6) is 17.2 Å². The van der Waals surface area contributed by atoms with E-state index in [1.165, 1.54) is 25.1 Å². The Labute approximate surface area is 173 Å². The lowest BCUT2D eigenvalue weighted by molar-refractivity contribution is 0.0848. The van der Waals surface area contributed by atoms with Gasteiger partial charge in [-0.3, -0.25) is 25.2 Å². The molecule has 0 spiro atoms. The molecule has 2 aromatic rings. The highest BCUT2D eigenvalue weighted by Gasteiger charge is 2.19. The Kier molecular flexibility index (Phi) is 8.02. The summed E-state index contributed by atoms with van der Waals surface area (Å²) in [5, 5.41) is 0. The molecule has 0 bridgehead atoms. The van der Waals surface area contributed by atoms with E-state index in [-0.39, 0.29) is 11.3 Å². The van der Waals surface area contributed by atoms with Crippen LogP contribution in [-0.2, 0) is 0 Å². The van der Waals surface area contributed by atoms with Crippen molar-refractivity contribution in [1.82, 2.24) is 10.9 Å². The van der Waals surface area contributed by atoms with Crippen molar-refractivity contribution in [2.75, 3.05) is 19.8 Å². The van der Waals surface area contributed by atoms with Crippen molar-refractivity contribution in [2.24, 2.45) is 0 Å². The molecule has 1 aromatic heterocycles. The minimum atomic E-state index is -0.549. The molecule has 1 heterocycles. The standard InChI is InChI=1S/C20H24N2O6S/c1-5-26-14-10-13(11-15(27-6-2)18(14)28-7-3)19(24)21-22-20(25)17-9-8-16(29-17)12(4)23/h8-11H,5-7H2,1-4H3,(H,21,24)(H,22,25). The number of Topliss-reactive ketones (excluding diaryl/α,β-unsaturated/α-hetero) is 1. The third kappa shape index (κ3) is 5.71. The average molecular weight is 420 g/mol. The van der Waals surface area contributed by atoms with Crippen molar-refractivity contribution in [3.63, 3.8) is 0 Å². The Bertz CT molecular complexity index is 866. The molecule has 8 nitrogen and oxygen atoms in total. The lowest BCUT2D eigenvalue weighted by atomic mass is 10.1. The van der Waals surface area contributed by atoms with E-state index in [1.807, 2.05) is 20.8 Å². The molecule has 2 rings (SSSR count). The fourth-order valence-corrected chi connectivity index (χ4v) is 3.21. The number of ether oxygens (including phenoxy) is 3. The summed E-state index contributed by atoms with van der Waals surface area (Å²) < 4.78 is 16.8. The molecule has 2 N–H and O–H groups in total. The van der Waals surface area contributed by atoms with Crippen molar-refractivity contribution in [3.05, 3.63) is 39.6 Å². The molecule has 0 fully saturated rings. The molecule has 9 heteroatoms. The van der Waals surface area contributed by atoms with Crippen LogP contribution in [0, 0.1) is 0 Å². The Morgan fingerprint density at radius 3 is 1.83 bits per heavy atom. The van der Waals surface area contributed by atoms with Gasteiger partial charge in [0.15, 0.2) is 17.3 Å². The highest BCUT2D eigenvalue weighted by molar-refractivity contribution is 7.15. The van der Waals surface area contributed by atoms with Gasteiger partial charge >= 0.3 is 0 Å². The normalized spacial score (nSPS) is 10.2. The lowest BCUT2D eigenvalue weighted by Gasteiger charge is -2.17. The molecule has 2 amide bonds. The first-order valence-corrected chi connectivity index (χ1v) is 10.0. The van der Waals surface area contributed by atoms with Crippen molar-refractivity contribution in [3.8, 4) is 17.2 Å². The number of thiophene rings is 1. The molecule has 0 aliphatic heterocycles. The first-order chi connectivity index (χ1) is 13.9. The summed E-state index contributed by atoms with van der Waals surface area (Å²) in [5.74, 6) is -0.0164. The van der Waals surface area contributed by atoms with Gasteiger partial charge in [0.05, 0.1) is 29.6 Å². The van der Waals surface area contributed by atoms with Crippen LogP contribution in [0.15, 0.2) is 24.3 Å². The van der Waals surface area contributed by atoms with Crippen LogP contribution in [0.1, 0.15) is 57.4 Å². The number of ketones is 1. The van der Waals surface area contributed by atoms with E-state index in [4.69, 9.17) is 14.2 Å². The maximum atomic E-state index is 12.5. The largest absolute Gasteiger partial charge is 0.490 e. The summed E-state index contributed by atoms with van der Waals surface area (Å²) in [7, 11) is 0. The summed E-state index contributed by atoms with van der Waals surface area (Å²) in [4.78, 5) is 36.9. The molecule has 0 radical (unpaired) electrons. The van der Waals surface area contributed by atoms with Crippen LogP contribution >= 0.6 is 11.3 Å². The van der Waals surface area contributed by atoms with E-state index in [0.29, 0.717) is 46.8 Å². The zero-order valence-electron chi connectivity index (χ0n) is 16.8. The first kappa shape index (κ1) is 22.2. The zero-order valence-corrected chi connectivity index (χ0v) is 17.6. The highest BCUT2D eigenvalue weighted by atomic mass is 32.1. The van der Waals surface area contributed by atoms with E-state index in [1.54, 1.807) is 6.07 Å². The smallest absolute Gasteiger partial charge is 0.279 e. The Balaban J connectivity index is 2.18. The first-order valence-electron chi connectivity index (χ1n) is 9.19. The number of amides is 2. The Morgan fingerprint density at radius 1 is 0.828 bits per heavy atom. The molecule has 0 unspecified atom stereocenters. The third-order valence-electron chi connectivity index (χ3n) is 3.64. The second-order valence-corrected chi connectivity index (χ2v) is 6.81. The van der Waals surface area contributed by atoms with Crippen molar-refractivity contribution in [1.29, 1.82) is 0 Å². The number of hydrazine groups is 1. The SMILES string of the molecule is CCOc1cc(C(=O)NNC(=O)c2ccc(C(C)=O)s2)cc(OCC)c1OCC. The number of carbonyl (C=O) groups is 3. The number of hydrogen-bond donors (Lipinski definition) is 2. The number of benzene rings is 1. The van der Waals surface area contributed by atoms with Crippen LogP contribution in [0.25, 0.3) is 0 Å². The second kappa shape index (κ2) is 10.5. The summed E-state index contributed by atoms with van der Waals surface area (Å²) >= 11 is 1.05. The Hall–Kier alpha value is -3.07. The molecule has 1 aromatic carbocycles.